The van der Waals surface area contributed by atoms with Crippen LogP contribution in [0.1, 0.15) is 5.56 Å². The molecule has 4 aromatic rings. The minimum atomic E-state index is 0.217. The molecule has 3 aromatic carbocycles. The van der Waals surface area contributed by atoms with Gasteiger partial charge in [0.2, 0.25) is 0 Å². The molecule has 118 valence electrons. The van der Waals surface area contributed by atoms with E-state index in [1.165, 1.54) is 0 Å². The SMILES string of the molecule is N#Cc1ccc(-c2c(-c3ccccc3O)cnc3ccccc23)cc1. The average molecular weight is 322 g/mol. The summed E-state index contributed by atoms with van der Waals surface area (Å²) in [6.07, 6.45) is 1.80. The largest absolute Gasteiger partial charge is 0.507 e. The maximum absolute atomic E-state index is 10.3. The van der Waals surface area contributed by atoms with Crippen molar-refractivity contribution in [3.63, 3.8) is 0 Å². The van der Waals surface area contributed by atoms with Gasteiger partial charge in [0.05, 0.1) is 17.1 Å². The van der Waals surface area contributed by atoms with Gasteiger partial charge in [-0.25, -0.2) is 0 Å². The van der Waals surface area contributed by atoms with Gasteiger partial charge in [0.15, 0.2) is 0 Å². The molecule has 0 atom stereocenters. The van der Waals surface area contributed by atoms with Gasteiger partial charge in [0.1, 0.15) is 5.75 Å². The van der Waals surface area contributed by atoms with Crippen molar-refractivity contribution in [2.45, 2.75) is 0 Å². The van der Waals surface area contributed by atoms with Crippen molar-refractivity contribution in [1.29, 1.82) is 5.26 Å². The molecule has 0 unspecified atom stereocenters. The third-order valence-corrected chi connectivity index (χ3v) is 4.27. The Hall–Kier alpha value is -3.64. The summed E-state index contributed by atoms with van der Waals surface area (Å²) in [5.74, 6) is 0.217. The van der Waals surface area contributed by atoms with Crippen molar-refractivity contribution in [1.82, 2.24) is 4.98 Å². The quantitative estimate of drug-likeness (QED) is 0.555. The predicted molar refractivity (Wildman–Crippen MR) is 99.0 cm³/mol. The van der Waals surface area contributed by atoms with Crippen LogP contribution in [0.15, 0.2) is 79.0 Å². The Kier molecular flexibility index (Phi) is 3.64. The van der Waals surface area contributed by atoms with Crippen LogP contribution in [0.3, 0.4) is 0 Å². The highest BCUT2D eigenvalue weighted by atomic mass is 16.3. The van der Waals surface area contributed by atoms with Crippen LogP contribution in [0.2, 0.25) is 0 Å². The molecule has 0 aliphatic rings. The molecule has 4 rings (SSSR count). The summed E-state index contributed by atoms with van der Waals surface area (Å²) in [5, 5.41) is 20.4. The smallest absolute Gasteiger partial charge is 0.123 e. The van der Waals surface area contributed by atoms with E-state index in [-0.39, 0.29) is 5.75 Å². The molecule has 1 heterocycles. The Labute approximate surface area is 145 Å². The lowest BCUT2D eigenvalue weighted by Gasteiger charge is -2.14. The Morgan fingerprint density at radius 2 is 1.52 bits per heavy atom. The van der Waals surface area contributed by atoms with E-state index in [1.54, 1.807) is 30.5 Å². The van der Waals surface area contributed by atoms with Crippen LogP contribution in [0, 0.1) is 11.3 Å². The van der Waals surface area contributed by atoms with Crippen molar-refractivity contribution in [3.05, 3.63) is 84.6 Å². The Morgan fingerprint density at radius 3 is 2.28 bits per heavy atom. The maximum Gasteiger partial charge on any atom is 0.123 e. The number of nitriles is 1. The Bertz CT molecular complexity index is 1110. The zero-order valence-corrected chi connectivity index (χ0v) is 13.3. The summed E-state index contributed by atoms with van der Waals surface area (Å²) >= 11 is 0. The summed E-state index contributed by atoms with van der Waals surface area (Å²) in [6, 6.07) is 24.8. The summed E-state index contributed by atoms with van der Waals surface area (Å²) < 4.78 is 0. The van der Waals surface area contributed by atoms with Gasteiger partial charge >= 0.3 is 0 Å². The molecule has 0 aliphatic carbocycles. The van der Waals surface area contributed by atoms with E-state index < -0.39 is 0 Å². The van der Waals surface area contributed by atoms with E-state index in [0.29, 0.717) is 5.56 Å². The highest BCUT2D eigenvalue weighted by Gasteiger charge is 2.15. The third-order valence-electron chi connectivity index (χ3n) is 4.27. The average Bonchev–Trinajstić information content (AvgIpc) is 2.68. The molecular weight excluding hydrogens is 308 g/mol. The Balaban J connectivity index is 2.07. The molecule has 0 fully saturated rings. The predicted octanol–water partition coefficient (Wildman–Crippen LogP) is 5.15. The molecule has 0 saturated heterocycles. The van der Waals surface area contributed by atoms with Gasteiger partial charge in [-0.3, -0.25) is 4.98 Å². The first-order chi connectivity index (χ1) is 12.3. The van der Waals surface area contributed by atoms with E-state index in [2.05, 4.69) is 11.1 Å². The van der Waals surface area contributed by atoms with Crippen molar-refractivity contribution in [3.8, 4) is 34.1 Å². The number of phenols is 1. The fraction of sp³-hybridized carbons (Fsp3) is 0. The van der Waals surface area contributed by atoms with E-state index in [4.69, 9.17) is 5.26 Å². The number of para-hydroxylation sites is 2. The molecule has 0 aliphatic heterocycles. The van der Waals surface area contributed by atoms with Crippen LogP contribution in [-0.4, -0.2) is 10.1 Å². The number of phenolic OH excluding ortho intramolecular Hbond substituents is 1. The van der Waals surface area contributed by atoms with Crippen LogP contribution in [-0.2, 0) is 0 Å². The van der Waals surface area contributed by atoms with Crippen molar-refractivity contribution in [2.24, 2.45) is 0 Å². The fourth-order valence-corrected chi connectivity index (χ4v) is 3.07. The molecule has 0 saturated carbocycles. The van der Waals surface area contributed by atoms with Gasteiger partial charge in [-0.05, 0) is 29.8 Å². The van der Waals surface area contributed by atoms with Crippen molar-refractivity contribution < 1.29 is 5.11 Å². The minimum Gasteiger partial charge on any atom is -0.507 e. The second-order valence-electron chi connectivity index (χ2n) is 5.77. The number of hydrogen-bond acceptors (Lipinski definition) is 3. The van der Waals surface area contributed by atoms with Crippen molar-refractivity contribution in [2.75, 3.05) is 0 Å². The molecule has 3 heteroatoms. The van der Waals surface area contributed by atoms with Gasteiger partial charge in [-0.2, -0.15) is 5.26 Å². The van der Waals surface area contributed by atoms with Gasteiger partial charge in [-0.1, -0.05) is 48.5 Å². The molecule has 1 N–H and O–H groups in total. The number of hydrogen-bond donors (Lipinski definition) is 1. The second kappa shape index (κ2) is 6.10. The van der Waals surface area contributed by atoms with Gasteiger partial charge in [-0.15, -0.1) is 0 Å². The van der Waals surface area contributed by atoms with E-state index in [9.17, 15) is 5.11 Å². The molecule has 3 nitrogen and oxygen atoms in total. The minimum absolute atomic E-state index is 0.217. The molecule has 0 spiro atoms. The van der Waals surface area contributed by atoms with Gasteiger partial charge in [0.25, 0.3) is 0 Å². The molecule has 25 heavy (non-hydrogen) atoms. The van der Waals surface area contributed by atoms with Crippen LogP contribution >= 0.6 is 0 Å². The number of pyridine rings is 1. The zero-order valence-electron chi connectivity index (χ0n) is 13.3. The molecule has 0 amide bonds. The third kappa shape index (κ3) is 2.60. The van der Waals surface area contributed by atoms with Crippen LogP contribution < -0.4 is 0 Å². The molecule has 0 radical (unpaired) electrons. The first-order valence-electron chi connectivity index (χ1n) is 7.94. The first kappa shape index (κ1) is 14.9. The highest BCUT2D eigenvalue weighted by molar-refractivity contribution is 6.02. The van der Waals surface area contributed by atoms with E-state index >= 15 is 0 Å². The first-order valence-corrected chi connectivity index (χ1v) is 7.94. The monoisotopic (exact) mass is 322 g/mol. The number of fused-ring (bicyclic) bond motifs is 1. The van der Waals surface area contributed by atoms with Crippen LogP contribution in [0.4, 0.5) is 0 Å². The molecular formula is C22H14N2O. The molecule has 0 bridgehead atoms. The lowest BCUT2D eigenvalue weighted by molar-refractivity contribution is 0.477. The number of aromatic nitrogens is 1. The van der Waals surface area contributed by atoms with Crippen LogP contribution in [0.25, 0.3) is 33.2 Å². The second-order valence-corrected chi connectivity index (χ2v) is 5.77. The number of benzene rings is 3. The highest BCUT2D eigenvalue weighted by Crippen LogP contribution is 2.40. The topological polar surface area (TPSA) is 56.9 Å². The zero-order chi connectivity index (χ0) is 17.2. The summed E-state index contributed by atoms with van der Waals surface area (Å²) in [4.78, 5) is 4.56. The summed E-state index contributed by atoms with van der Waals surface area (Å²) in [7, 11) is 0. The standard InChI is InChI=1S/C22H14N2O/c23-13-15-9-11-16(12-10-15)22-18-6-1-3-7-20(18)24-14-19(22)17-5-2-4-8-21(17)25/h1-12,14,25H. The van der Waals surface area contributed by atoms with Gasteiger partial charge < -0.3 is 5.11 Å². The molecule has 1 aromatic heterocycles. The normalized spacial score (nSPS) is 10.5. The van der Waals surface area contributed by atoms with E-state index in [0.717, 1.165) is 33.2 Å². The lowest BCUT2D eigenvalue weighted by atomic mass is 9.92. The Morgan fingerprint density at radius 1 is 0.800 bits per heavy atom. The fourth-order valence-electron chi connectivity index (χ4n) is 3.07. The number of rotatable bonds is 2. The van der Waals surface area contributed by atoms with Crippen molar-refractivity contribution >= 4 is 10.9 Å². The maximum atomic E-state index is 10.3. The lowest BCUT2D eigenvalue weighted by Crippen LogP contribution is -1.91. The van der Waals surface area contributed by atoms with Crippen LogP contribution in [0.5, 0.6) is 5.75 Å². The summed E-state index contributed by atoms with van der Waals surface area (Å²) in [5.41, 5.74) is 5.08. The summed E-state index contributed by atoms with van der Waals surface area (Å²) in [6.45, 7) is 0. The van der Waals surface area contributed by atoms with Gasteiger partial charge in [0, 0.05) is 28.3 Å². The number of nitrogens with zero attached hydrogens (tertiary/aromatic N) is 2. The van der Waals surface area contributed by atoms with E-state index in [1.807, 2.05) is 48.5 Å². The number of aromatic hydroxyl groups is 1.